The van der Waals surface area contributed by atoms with Crippen molar-refractivity contribution in [3.05, 3.63) is 20.5 Å². The van der Waals surface area contributed by atoms with Crippen molar-refractivity contribution in [3.63, 3.8) is 0 Å². The Balaban J connectivity index is 2.54. The van der Waals surface area contributed by atoms with Gasteiger partial charge in [0.25, 0.3) is 0 Å². The van der Waals surface area contributed by atoms with E-state index in [1.165, 1.54) is 11.3 Å². The molecule has 0 aliphatic heterocycles. The lowest BCUT2D eigenvalue weighted by Crippen LogP contribution is -2.16. The second-order valence-corrected chi connectivity index (χ2v) is 6.60. The zero-order valence-electron chi connectivity index (χ0n) is 11.1. The van der Waals surface area contributed by atoms with Crippen LogP contribution in [0.3, 0.4) is 0 Å². The van der Waals surface area contributed by atoms with Gasteiger partial charge in [0, 0.05) is 6.42 Å². The number of hydrogen-bond acceptors (Lipinski definition) is 4. The molecule has 0 aromatic carbocycles. The molecule has 0 unspecified atom stereocenters. The Morgan fingerprint density at radius 1 is 1.58 bits per heavy atom. The minimum absolute atomic E-state index is 0.0775. The van der Waals surface area contributed by atoms with Gasteiger partial charge >= 0.3 is 0 Å². The Labute approximate surface area is 122 Å². The normalized spacial score (nSPS) is 17.4. The molecule has 100 valence electrons. The van der Waals surface area contributed by atoms with Gasteiger partial charge in [0.2, 0.25) is 5.91 Å². The van der Waals surface area contributed by atoms with Crippen molar-refractivity contribution in [2.75, 3.05) is 5.32 Å². The number of nitrogens with zero attached hydrogens (tertiary/aromatic N) is 1. The van der Waals surface area contributed by atoms with E-state index >= 15 is 0 Å². The van der Waals surface area contributed by atoms with Crippen LogP contribution in [0.1, 0.15) is 43.4 Å². The van der Waals surface area contributed by atoms with Gasteiger partial charge in [-0.3, -0.25) is 4.79 Å². The van der Waals surface area contributed by atoms with Gasteiger partial charge in [0.1, 0.15) is 11.1 Å². The number of nitrogens with one attached hydrogen (secondary N) is 1. The van der Waals surface area contributed by atoms with Crippen LogP contribution < -0.4 is 5.32 Å². The van der Waals surface area contributed by atoms with Crippen LogP contribution in [-0.2, 0) is 17.6 Å². The van der Waals surface area contributed by atoms with Crippen LogP contribution in [0.4, 0.5) is 5.00 Å². The van der Waals surface area contributed by atoms with Gasteiger partial charge in [-0.15, -0.1) is 11.3 Å². The number of fused-ring (bicyclic) bond motifs is 1. The highest BCUT2D eigenvalue weighted by Gasteiger charge is 2.22. The summed E-state index contributed by atoms with van der Waals surface area (Å²) >= 11 is 6.78. The minimum Gasteiger partial charge on any atom is -0.317 e. The first kappa shape index (κ1) is 14.2. The second kappa shape index (κ2) is 5.81. The summed E-state index contributed by atoms with van der Waals surface area (Å²) in [5.41, 5.74) is 2.81. The van der Waals surface area contributed by atoms with Gasteiger partial charge in [0.15, 0.2) is 0 Å². The highest BCUT2D eigenvalue weighted by Crippen LogP contribution is 2.35. The Bertz CT molecular complexity index is 613. The quantitative estimate of drug-likeness (QED) is 0.843. The molecule has 1 aromatic heterocycles. The van der Waals surface area contributed by atoms with Crippen LogP contribution in [0.25, 0.3) is 0 Å². The van der Waals surface area contributed by atoms with Gasteiger partial charge in [-0.1, -0.05) is 26.1 Å². The number of anilines is 1. The second-order valence-electron chi connectivity index (χ2n) is 4.91. The lowest BCUT2D eigenvalue weighted by atomic mass is 9.85. The average Bonchev–Trinajstić information content (AvgIpc) is 2.39. The zero-order chi connectivity index (χ0) is 14.0. The van der Waals surface area contributed by atoms with Gasteiger partial charge in [-0.2, -0.15) is 5.26 Å². The summed E-state index contributed by atoms with van der Waals surface area (Å²) < 4.78 is 0.812. The molecular formula is C14H16N2OS2. The number of carbonyl (C=O) groups excluding carboxylic acids is 1. The molecule has 19 heavy (non-hydrogen) atoms. The summed E-state index contributed by atoms with van der Waals surface area (Å²) in [6.45, 7) is 4.00. The minimum atomic E-state index is -0.0775. The molecular weight excluding hydrogens is 276 g/mol. The maximum absolute atomic E-state index is 11.5. The monoisotopic (exact) mass is 292 g/mol. The Morgan fingerprint density at radius 2 is 2.32 bits per heavy atom. The fourth-order valence-corrected chi connectivity index (χ4v) is 3.77. The number of nitriles is 1. The van der Waals surface area contributed by atoms with E-state index in [1.807, 2.05) is 0 Å². The first-order valence-electron chi connectivity index (χ1n) is 6.45. The van der Waals surface area contributed by atoms with Crippen molar-refractivity contribution in [1.29, 1.82) is 5.26 Å². The number of hydrogen-bond donors (Lipinski definition) is 1. The van der Waals surface area contributed by atoms with Crippen molar-refractivity contribution in [3.8, 4) is 6.07 Å². The first-order chi connectivity index (χ1) is 9.06. The van der Waals surface area contributed by atoms with Crippen molar-refractivity contribution < 1.29 is 4.79 Å². The molecule has 1 aliphatic rings. The van der Waals surface area contributed by atoms with Crippen molar-refractivity contribution in [1.82, 2.24) is 0 Å². The highest BCUT2D eigenvalue weighted by atomic mass is 32.1. The molecule has 0 fully saturated rings. The largest absolute Gasteiger partial charge is 0.317 e. The van der Waals surface area contributed by atoms with E-state index in [4.69, 9.17) is 12.2 Å². The summed E-state index contributed by atoms with van der Waals surface area (Å²) in [6.07, 6.45) is 3.30. The van der Waals surface area contributed by atoms with Crippen LogP contribution >= 0.6 is 23.6 Å². The highest BCUT2D eigenvalue weighted by molar-refractivity contribution is 7.73. The molecule has 0 spiro atoms. The summed E-state index contributed by atoms with van der Waals surface area (Å²) in [5, 5.41) is 12.8. The van der Waals surface area contributed by atoms with Crippen LogP contribution in [0, 0.1) is 21.1 Å². The summed E-state index contributed by atoms with van der Waals surface area (Å²) in [6, 6.07) is 2.24. The third-order valence-corrected chi connectivity index (χ3v) is 4.90. The topological polar surface area (TPSA) is 52.9 Å². The molecule has 0 radical (unpaired) electrons. The standard InChI is InChI=1S/C14H16N2OS2/c1-3-12(17)16-13-11(7-15)9-5-4-8(2)6-10(9)14(18)19-13/h8H,3-6H2,1-2H3,(H,16,17)/t8-/m0/s1. The van der Waals surface area contributed by atoms with Crippen molar-refractivity contribution in [2.45, 2.75) is 39.5 Å². The third kappa shape index (κ3) is 2.85. The smallest absolute Gasteiger partial charge is 0.224 e. The van der Waals surface area contributed by atoms with E-state index in [0.29, 0.717) is 22.9 Å². The van der Waals surface area contributed by atoms with E-state index in [9.17, 15) is 10.1 Å². The molecule has 0 saturated heterocycles. The van der Waals surface area contributed by atoms with Gasteiger partial charge in [-0.25, -0.2) is 0 Å². The maximum atomic E-state index is 11.5. The van der Waals surface area contributed by atoms with Gasteiger partial charge in [-0.05, 0) is 36.3 Å². The lowest BCUT2D eigenvalue weighted by Gasteiger charge is -2.23. The molecule has 1 aromatic rings. The number of rotatable bonds is 2. The number of amides is 1. The molecule has 1 N–H and O–H groups in total. The van der Waals surface area contributed by atoms with Crippen molar-refractivity contribution in [2.24, 2.45) is 5.92 Å². The molecule has 5 heteroatoms. The maximum Gasteiger partial charge on any atom is 0.224 e. The van der Waals surface area contributed by atoms with E-state index in [0.717, 1.165) is 34.2 Å². The SMILES string of the molecule is CCC(=O)Nc1sc(=S)c2c(c1C#N)CC[C@H](C)C2. The van der Waals surface area contributed by atoms with E-state index in [-0.39, 0.29) is 5.91 Å². The molecule has 1 atom stereocenters. The van der Waals surface area contributed by atoms with E-state index < -0.39 is 0 Å². The first-order valence-corrected chi connectivity index (χ1v) is 7.68. The van der Waals surface area contributed by atoms with Crippen LogP contribution in [-0.4, -0.2) is 5.91 Å². The molecule has 0 bridgehead atoms. The predicted molar refractivity (Wildman–Crippen MR) is 80.0 cm³/mol. The average molecular weight is 292 g/mol. The molecule has 1 aliphatic carbocycles. The molecule has 3 nitrogen and oxygen atoms in total. The third-order valence-electron chi connectivity index (χ3n) is 3.46. The van der Waals surface area contributed by atoms with E-state index in [1.54, 1.807) is 6.92 Å². The molecule has 1 amide bonds. The summed E-state index contributed by atoms with van der Waals surface area (Å²) in [5.74, 6) is 0.537. The Kier molecular flexibility index (Phi) is 4.33. The summed E-state index contributed by atoms with van der Waals surface area (Å²) in [7, 11) is 0. The lowest BCUT2D eigenvalue weighted by molar-refractivity contribution is -0.115. The van der Waals surface area contributed by atoms with Crippen molar-refractivity contribution >= 4 is 34.5 Å². The van der Waals surface area contributed by atoms with Crippen LogP contribution in [0.15, 0.2) is 0 Å². The Hall–Kier alpha value is -1.25. The fraction of sp³-hybridized carbons (Fsp3) is 0.500. The molecule has 2 rings (SSSR count). The summed E-state index contributed by atoms with van der Waals surface area (Å²) in [4.78, 5) is 11.5. The van der Waals surface area contributed by atoms with Gasteiger partial charge < -0.3 is 5.32 Å². The molecule has 0 saturated carbocycles. The van der Waals surface area contributed by atoms with Crippen LogP contribution in [0.2, 0.25) is 0 Å². The van der Waals surface area contributed by atoms with E-state index in [2.05, 4.69) is 18.3 Å². The van der Waals surface area contributed by atoms with Gasteiger partial charge in [0.05, 0.1) is 9.39 Å². The fourth-order valence-electron chi connectivity index (χ4n) is 2.36. The zero-order valence-corrected chi connectivity index (χ0v) is 12.7. The predicted octanol–water partition coefficient (Wildman–Crippen LogP) is 3.82. The number of carbonyl (C=O) groups is 1. The van der Waals surface area contributed by atoms with Crippen LogP contribution in [0.5, 0.6) is 0 Å². The molecule has 1 heterocycles. The Morgan fingerprint density at radius 3 is 2.95 bits per heavy atom.